The maximum Gasteiger partial charge on any atom is 0.137 e. The van der Waals surface area contributed by atoms with E-state index < -0.39 is 0 Å². The van der Waals surface area contributed by atoms with Gasteiger partial charge in [0.25, 0.3) is 0 Å². The first kappa shape index (κ1) is 22.1. The molecule has 0 saturated carbocycles. The van der Waals surface area contributed by atoms with Crippen LogP contribution < -0.4 is 4.90 Å². The lowest BCUT2D eigenvalue weighted by Gasteiger charge is -2.25. The molecule has 2 aromatic heterocycles. The lowest BCUT2D eigenvalue weighted by molar-refractivity contribution is 0.669. The predicted octanol–water partition coefficient (Wildman–Crippen LogP) is 10.5. The Bertz CT molecular complexity index is 2130. The second kappa shape index (κ2) is 8.83. The van der Waals surface area contributed by atoms with E-state index in [0.717, 1.165) is 59.8 Å². The number of aromatic nitrogens is 1. The molecule has 0 aliphatic carbocycles. The second-order valence-electron chi connectivity index (χ2n) is 9.66. The van der Waals surface area contributed by atoms with E-state index in [-0.39, 0.29) is 0 Å². The Hall–Kier alpha value is -4.93. The van der Waals surface area contributed by atoms with E-state index in [2.05, 4.69) is 126 Å². The van der Waals surface area contributed by atoms with E-state index in [4.69, 9.17) is 9.40 Å². The standard InChI is InChI=1S/C35H22N2OS/c1-3-10-24(11-4-1)35-36-30-19-20-31-33(34(30)39-35)29-18-17-28(22-32(29)38-31)37(26-13-5-2-6-14-26)27-16-15-23-9-7-8-12-25(23)21-27/h1-22H. The second-order valence-corrected chi connectivity index (χ2v) is 10.7. The molecule has 0 aliphatic heterocycles. The molecule has 0 atom stereocenters. The highest BCUT2D eigenvalue weighted by atomic mass is 32.1. The van der Waals surface area contributed by atoms with Crippen molar-refractivity contribution in [2.75, 3.05) is 4.90 Å². The predicted molar refractivity (Wildman–Crippen MR) is 165 cm³/mol. The van der Waals surface area contributed by atoms with Crippen LogP contribution in [-0.2, 0) is 0 Å². The smallest absolute Gasteiger partial charge is 0.137 e. The molecule has 6 aromatic carbocycles. The Labute approximate surface area is 229 Å². The number of thiazole rings is 1. The number of furan rings is 1. The minimum Gasteiger partial charge on any atom is -0.456 e. The molecule has 8 aromatic rings. The molecule has 39 heavy (non-hydrogen) atoms. The minimum atomic E-state index is 0.867. The van der Waals surface area contributed by atoms with Crippen molar-refractivity contribution in [1.29, 1.82) is 0 Å². The summed E-state index contributed by atoms with van der Waals surface area (Å²) >= 11 is 1.72. The lowest BCUT2D eigenvalue weighted by atomic mass is 10.1. The Morgan fingerprint density at radius 2 is 1.28 bits per heavy atom. The van der Waals surface area contributed by atoms with Gasteiger partial charge in [-0.25, -0.2) is 4.98 Å². The van der Waals surface area contributed by atoms with Crippen molar-refractivity contribution in [3.63, 3.8) is 0 Å². The zero-order chi connectivity index (χ0) is 25.8. The molecule has 0 amide bonds. The van der Waals surface area contributed by atoms with Crippen LogP contribution in [0.2, 0.25) is 0 Å². The van der Waals surface area contributed by atoms with Gasteiger partial charge in [-0.1, -0.05) is 78.9 Å². The average Bonchev–Trinajstić information content (AvgIpc) is 3.59. The average molecular weight is 519 g/mol. The molecule has 0 bridgehead atoms. The molecule has 0 fully saturated rings. The van der Waals surface area contributed by atoms with Gasteiger partial charge >= 0.3 is 0 Å². The summed E-state index contributed by atoms with van der Waals surface area (Å²) < 4.78 is 7.62. The van der Waals surface area contributed by atoms with Gasteiger partial charge in [0.05, 0.1) is 10.2 Å². The summed E-state index contributed by atoms with van der Waals surface area (Å²) in [6.45, 7) is 0. The van der Waals surface area contributed by atoms with Crippen molar-refractivity contribution in [3.05, 3.63) is 133 Å². The normalized spacial score (nSPS) is 11.6. The van der Waals surface area contributed by atoms with Crippen molar-refractivity contribution in [2.24, 2.45) is 0 Å². The first-order chi connectivity index (χ1) is 19.3. The Kier molecular flexibility index (Phi) is 5.00. The lowest BCUT2D eigenvalue weighted by Crippen LogP contribution is -2.09. The van der Waals surface area contributed by atoms with Gasteiger partial charge in [-0.15, -0.1) is 11.3 Å². The van der Waals surface area contributed by atoms with Gasteiger partial charge in [-0.05, 0) is 59.3 Å². The SMILES string of the molecule is c1ccc(-c2nc3ccc4oc5cc(N(c6ccccc6)c6ccc7ccccc7c6)ccc5c4c3s2)cc1. The van der Waals surface area contributed by atoms with E-state index >= 15 is 0 Å². The molecular weight excluding hydrogens is 496 g/mol. The summed E-state index contributed by atoms with van der Waals surface area (Å²) in [7, 11) is 0. The van der Waals surface area contributed by atoms with Gasteiger partial charge in [-0.2, -0.15) is 0 Å². The Morgan fingerprint density at radius 1 is 0.564 bits per heavy atom. The molecule has 0 unspecified atom stereocenters. The first-order valence-electron chi connectivity index (χ1n) is 13.0. The van der Waals surface area contributed by atoms with Gasteiger partial charge in [0.2, 0.25) is 0 Å². The van der Waals surface area contributed by atoms with Crippen LogP contribution in [0.4, 0.5) is 17.1 Å². The van der Waals surface area contributed by atoms with Crippen molar-refractivity contribution >= 4 is 71.3 Å². The number of benzene rings is 6. The number of hydrogen-bond acceptors (Lipinski definition) is 4. The van der Waals surface area contributed by atoms with Crippen LogP contribution in [0.3, 0.4) is 0 Å². The summed E-state index contributed by atoms with van der Waals surface area (Å²) in [5, 5.41) is 5.70. The van der Waals surface area contributed by atoms with Gasteiger partial charge < -0.3 is 9.32 Å². The maximum atomic E-state index is 6.46. The van der Waals surface area contributed by atoms with Crippen LogP contribution in [-0.4, -0.2) is 4.98 Å². The van der Waals surface area contributed by atoms with E-state index in [0.29, 0.717) is 0 Å². The van der Waals surface area contributed by atoms with Gasteiger partial charge in [0.15, 0.2) is 0 Å². The van der Waals surface area contributed by atoms with Crippen LogP contribution in [0.5, 0.6) is 0 Å². The number of nitrogens with zero attached hydrogens (tertiary/aromatic N) is 2. The molecule has 8 rings (SSSR count). The van der Waals surface area contributed by atoms with Crippen LogP contribution in [0.15, 0.2) is 138 Å². The molecule has 0 radical (unpaired) electrons. The number of fused-ring (bicyclic) bond motifs is 6. The fourth-order valence-corrected chi connectivity index (χ4v) is 6.54. The molecule has 0 aliphatic rings. The quantitative estimate of drug-likeness (QED) is 0.232. The molecular formula is C35H22N2OS. The number of anilines is 3. The third-order valence-corrected chi connectivity index (χ3v) is 8.40. The minimum absolute atomic E-state index is 0.867. The topological polar surface area (TPSA) is 29.3 Å². The maximum absolute atomic E-state index is 6.46. The molecule has 3 nitrogen and oxygen atoms in total. The largest absolute Gasteiger partial charge is 0.456 e. The summed E-state index contributed by atoms with van der Waals surface area (Å²) in [4.78, 5) is 7.22. The van der Waals surface area contributed by atoms with Crippen molar-refractivity contribution < 1.29 is 4.42 Å². The summed E-state index contributed by atoms with van der Waals surface area (Å²) in [5.74, 6) is 0. The van der Waals surface area contributed by atoms with E-state index in [9.17, 15) is 0 Å². The molecule has 0 saturated heterocycles. The zero-order valence-corrected chi connectivity index (χ0v) is 21.7. The van der Waals surface area contributed by atoms with E-state index in [1.807, 2.05) is 12.1 Å². The van der Waals surface area contributed by atoms with Gasteiger partial charge in [0, 0.05) is 39.5 Å². The zero-order valence-electron chi connectivity index (χ0n) is 20.9. The van der Waals surface area contributed by atoms with Crippen LogP contribution in [0, 0.1) is 0 Å². The summed E-state index contributed by atoms with van der Waals surface area (Å²) in [6, 6.07) is 46.6. The monoisotopic (exact) mass is 518 g/mol. The highest BCUT2D eigenvalue weighted by molar-refractivity contribution is 7.22. The fraction of sp³-hybridized carbons (Fsp3) is 0. The highest BCUT2D eigenvalue weighted by Gasteiger charge is 2.18. The third-order valence-electron chi connectivity index (χ3n) is 7.26. The fourth-order valence-electron chi connectivity index (χ4n) is 5.42. The molecule has 0 N–H and O–H groups in total. The number of para-hydroxylation sites is 1. The van der Waals surface area contributed by atoms with E-state index in [1.165, 1.54) is 10.8 Å². The Balaban J connectivity index is 1.31. The van der Waals surface area contributed by atoms with Crippen molar-refractivity contribution in [1.82, 2.24) is 4.98 Å². The van der Waals surface area contributed by atoms with Crippen molar-refractivity contribution in [2.45, 2.75) is 0 Å². The molecule has 184 valence electrons. The number of rotatable bonds is 4. The summed E-state index contributed by atoms with van der Waals surface area (Å²) in [5.41, 5.74) is 7.14. The third kappa shape index (κ3) is 3.69. The van der Waals surface area contributed by atoms with Gasteiger partial charge in [-0.3, -0.25) is 0 Å². The Morgan fingerprint density at radius 3 is 2.13 bits per heavy atom. The number of hydrogen-bond donors (Lipinski definition) is 0. The molecule has 2 heterocycles. The first-order valence-corrected chi connectivity index (χ1v) is 13.8. The summed E-state index contributed by atoms with van der Waals surface area (Å²) in [6.07, 6.45) is 0. The van der Waals surface area contributed by atoms with Crippen molar-refractivity contribution in [3.8, 4) is 10.6 Å². The van der Waals surface area contributed by atoms with Crippen LogP contribution in [0.25, 0.3) is 53.5 Å². The van der Waals surface area contributed by atoms with Crippen LogP contribution >= 0.6 is 11.3 Å². The van der Waals surface area contributed by atoms with Gasteiger partial charge in [0.1, 0.15) is 16.2 Å². The van der Waals surface area contributed by atoms with E-state index in [1.54, 1.807) is 11.3 Å². The van der Waals surface area contributed by atoms with Crippen LogP contribution in [0.1, 0.15) is 0 Å². The highest BCUT2D eigenvalue weighted by Crippen LogP contribution is 2.43. The molecule has 4 heteroatoms. The molecule has 0 spiro atoms.